The number of halogens is 2. The van der Waals surface area contributed by atoms with E-state index in [4.69, 9.17) is 5.73 Å². The summed E-state index contributed by atoms with van der Waals surface area (Å²) in [5.41, 5.74) is 8.77. The first-order chi connectivity index (χ1) is 13.5. The van der Waals surface area contributed by atoms with E-state index in [1.165, 1.54) is 17.7 Å². The summed E-state index contributed by atoms with van der Waals surface area (Å²) in [5.74, 6) is 0.431. The molecule has 5 rings (SSSR count). The third kappa shape index (κ3) is 2.95. The van der Waals surface area contributed by atoms with Crippen LogP contribution in [0.3, 0.4) is 0 Å². The fourth-order valence-electron chi connectivity index (χ4n) is 5.10. The van der Waals surface area contributed by atoms with Crippen molar-refractivity contribution in [2.24, 2.45) is 17.6 Å². The zero-order valence-electron chi connectivity index (χ0n) is 15.9. The number of allylic oxidation sites excluding steroid dienone is 4. The van der Waals surface area contributed by atoms with Crippen LogP contribution in [-0.4, -0.2) is 36.6 Å². The Morgan fingerprint density at radius 3 is 2.86 bits per heavy atom. The molecule has 0 radical (unpaired) electrons. The van der Waals surface area contributed by atoms with E-state index in [-0.39, 0.29) is 30.0 Å². The fraction of sp³-hybridized carbons (Fsp3) is 0.550. The first kappa shape index (κ1) is 17.9. The molecule has 0 bridgehead atoms. The van der Waals surface area contributed by atoms with E-state index in [2.05, 4.69) is 20.0 Å². The monoisotopic (exact) mass is 386 g/mol. The highest BCUT2D eigenvalue weighted by Gasteiger charge is 2.39. The molecule has 28 heavy (non-hydrogen) atoms. The van der Waals surface area contributed by atoms with Gasteiger partial charge in [-0.3, -0.25) is 4.90 Å². The highest BCUT2D eigenvalue weighted by atomic mass is 19.1. The van der Waals surface area contributed by atoms with Crippen molar-refractivity contribution in [2.75, 3.05) is 0 Å². The number of rotatable bonds is 2. The van der Waals surface area contributed by atoms with Gasteiger partial charge in [-0.2, -0.15) is 9.50 Å². The fourth-order valence-corrected chi connectivity index (χ4v) is 5.10. The molecule has 2 aromatic heterocycles. The topological polar surface area (TPSA) is 72.3 Å². The van der Waals surface area contributed by atoms with Crippen molar-refractivity contribution < 1.29 is 8.78 Å². The number of hydrogen-bond donors (Lipinski definition) is 1. The quantitative estimate of drug-likeness (QED) is 0.859. The molecule has 2 aromatic rings. The van der Waals surface area contributed by atoms with Crippen LogP contribution < -0.4 is 5.73 Å². The Morgan fingerprint density at radius 1 is 1.18 bits per heavy atom. The largest absolute Gasteiger partial charge is 0.327 e. The molecule has 3 aliphatic rings. The van der Waals surface area contributed by atoms with E-state index < -0.39 is 5.92 Å². The Morgan fingerprint density at radius 2 is 2.04 bits per heavy atom. The maximum absolute atomic E-state index is 14.3. The second-order valence-electron chi connectivity index (χ2n) is 8.28. The van der Waals surface area contributed by atoms with Gasteiger partial charge in [0.1, 0.15) is 17.5 Å². The van der Waals surface area contributed by atoms with Crippen LogP contribution in [0, 0.1) is 18.8 Å². The summed E-state index contributed by atoms with van der Waals surface area (Å²) in [5, 5.41) is 4.47. The highest BCUT2D eigenvalue weighted by molar-refractivity contribution is 5.35. The van der Waals surface area contributed by atoms with Gasteiger partial charge < -0.3 is 5.73 Å². The third-order valence-electron chi connectivity index (χ3n) is 6.54. The Bertz CT molecular complexity index is 980. The molecule has 0 amide bonds. The molecule has 0 saturated heterocycles. The second kappa shape index (κ2) is 6.70. The first-order valence-corrected chi connectivity index (χ1v) is 9.91. The molecule has 3 heterocycles. The Balaban J connectivity index is 1.30. The van der Waals surface area contributed by atoms with Gasteiger partial charge in [0.15, 0.2) is 0 Å². The second-order valence-corrected chi connectivity index (χ2v) is 8.28. The number of aryl methyl sites for hydroxylation is 1. The van der Waals surface area contributed by atoms with E-state index in [9.17, 15) is 8.78 Å². The van der Waals surface area contributed by atoms with E-state index in [1.807, 2.05) is 17.6 Å². The number of hydrogen-bond acceptors (Lipinski definition) is 5. The SMILES string of the molecule is Cc1nc2ncc3c(n2n1)CN(C1CC[C@H](C2CC(F)=CC=C2F)C(N)C1)C3. The molecule has 2 aliphatic carbocycles. The Kier molecular flexibility index (Phi) is 4.28. The van der Waals surface area contributed by atoms with Crippen LogP contribution in [0.15, 0.2) is 30.0 Å². The van der Waals surface area contributed by atoms with Crippen molar-refractivity contribution in [3.63, 3.8) is 0 Å². The number of nitrogens with zero attached hydrogens (tertiary/aromatic N) is 5. The molecule has 0 spiro atoms. The minimum atomic E-state index is -0.418. The van der Waals surface area contributed by atoms with Crippen LogP contribution in [0.5, 0.6) is 0 Å². The van der Waals surface area contributed by atoms with Crippen molar-refractivity contribution in [1.82, 2.24) is 24.5 Å². The van der Waals surface area contributed by atoms with Crippen molar-refractivity contribution in [2.45, 2.75) is 57.8 Å². The predicted molar refractivity (Wildman–Crippen MR) is 100 cm³/mol. The summed E-state index contributed by atoms with van der Waals surface area (Å²) in [4.78, 5) is 11.2. The summed E-state index contributed by atoms with van der Waals surface area (Å²) < 4.78 is 29.8. The van der Waals surface area contributed by atoms with Crippen LogP contribution in [-0.2, 0) is 13.1 Å². The summed E-state index contributed by atoms with van der Waals surface area (Å²) in [6.45, 7) is 3.47. The van der Waals surface area contributed by atoms with Gasteiger partial charge in [0.25, 0.3) is 5.78 Å². The van der Waals surface area contributed by atoms with Crippen LogP contribution in [0.25, 0.3) is 5.78 Å². The number of nitrogens with two attached hydrogens (primary N) is 1. The van der Waals surface area contributed by atoms with Gasteiger partial charge in [-0.15, -0.1) is 5.10 Å². The van der Waals surface area contributed by atoms with Crippen molar-refractivity contribution >= 4 is 5.78 Å². The molecule has 6 nitrogen and oxygen atoms in total. The molecule has 148 valence electrons. The van der Waals surface area contributed by atoms with Gasteiger partial charge in [-0.1, -0.05) is 0 Å². The lowest BCUT2D eigenvalue weighted by Crippen LogP contribution is -2.47. The minimum absolute atomic E-state index is 0.0109. The molecule has 0 aromatic carbocycles. The molecule has 1 saturated carbocycles. The Hall–Kier alpha value is -2.19. The van der Waals surface area contributed by atoms with Crippen LogP contribution >= 0.6 is 0 Å². The van der Waals surface area contributed by atoms with E-state index in [1.54, 1.807) is 0 Å². The molecule has 3 unspecified atom stereocenters. The van der Waals surface area contributed by atoms with Crippen LogP contribution in [0.1, 0.15) is 42.8 Å². The normalized spacial score (nSPS) is 31.0. The van der Waals surface area contributed by atoms with E-state index in [0.29, 0.717) is 17.6 Å². The van der Waals surface area contributed by atoms with Gasteiger partial charge in [0.2, 0.25) is 0 Å². The molecule has 8 heteroatoms. The zero-order valence-corrected chi connectivity index (χ0v) is 15.9. The zero-order chi connectivity index (χ0) is 19.4. The molecule has 2 N–H and O–H groups in total. The predicted octanol–water partition coefficient (Wildman–Crippen LogP) is 2.97. The number of fused-ring (bicyclic) bond motifs is 3. The molecule has 1 aliphatic heterocycles. The first-order valence-electron chi connectivity index (χ1n) is 9.91. The highest BCUT2D eigenvalue weighted by Crippen LogP contribution is 2.41. The lowest BCUT2D eigenvalue weighted by molar-refractivity contribution is 0.0993. The van der Waals surface area contributed by atoms with Gasteiger partial charge in [0.05, 0.1) is 5.69 Å². The lowest BCUT2D eigenvalue weighted by atomic mass is 9.72. The van der Waals surface area contributed by atoms with Crippen molar-refractivity contribution in [1.29, 1.82) is 0 Å². The van der Waals surface area contributed by atoms with Gasteiger partial charge in [0, 0.05) is 49.3 Å². The maximum Gasteiger partial charge on any atom is 0.252 e. The van der Waals surface area contributed by atoms with Gasteiger partial charge in [-0.05, 0) is 44.3 Å². The van der Waals surface area contributed by atoms with Crippen molar-refractivity contribution in [3.8, 4) is 0 Å². The Labute approximate surface area is 162 Å². The third-order valence-corrected chi connectivity index (χ3v) is 6.54. The smallest absolute Gasteiger partial charge is 0.252 e. The van der Waals surface area contributed by atoms with E-state index in [0.717, 1.165) is 38.0 Å². The summed E-state index contributed by atoms with van der Waals surface area (Å²) in [6.07, 6.45) is 7.06. The van der Waals surface area contributed by atoms with Gasteiger partial charge in [-0.25, -0.2) is 13.8 Å². The van der Waals surface area contributed by atoms with Crippen LogP contribution in [0.4, 0.5) is 8.78 Å². The molecule has 4 atom stereocenters. The van der Waals surface area contributed by atoms with Crippen molar-refractivity contribution in [3.05, 3.63) is 47.1 Å². The summed E-state index contributed by atoms with van der Waals surface area (Å²) in [6, 6.07) is 0.193. The van der Waals surface area contributed by atoms with E-state index >= 15 is 0 Å². The maximum atomic E-state index is 14.3. The average molecular weight is 386 g/mol. The summed E-state index contributed by atoms with van der Waals surface area (Å²) in [7, 11) is 0. The van der Waals surface area contributed by atoms with Gasteiger partial charge >= 0.3 is 0 Å². The molecule has 1 fully saturated rings. The average Bonchev–Trinajstić information content (AvgIpc) is 3.26. The standard InChI is InChI=1S/C20H24F2N6/c1-11-25-20-24-8-12-9-27(10-19(12)28(20)26-11)14-3-4-15(18(23)7-14)16-6-13(21)2-5-17(16)22/h2,5,8,14-16,18H,3-4,6-7,9-10,23H2,1H3/t14?,15-,16?,18?/m1/s1. The minimum Gasteiger partial charge on any atom is -0.327 e. The number of aromatic nitrogens is 4. The lowest BCUT2D eigenvalue weighted by Gasteiger charge is -2.41. The molecular formula is C20H24F2N6. The summed E-state index contributed by atoms with van der Waals surface area (Å²) >= 11 is 0. The molecular weight excluding hydrogens is 362 g/mol. The van der Waals surface area contributed by atoms with Crippen LogP contribution in [0.2, 0.25) is 0 Å².